The van der Waals surface area contributed by atoms with Gasteiger partial charge in [-0.2, -0.15) is 0 Å². The molecule has 0 spiro atoms. The largest absolute Gasteiger partial charge is 0.394 e. The molecule has 0 aromatic carbocycles. The normalized spacial score (nSPS) is 21.8. The van der Waals surface area contributed by atoms with Gasteiger partial charge in [0.2, 0.25) is 17.7 Å². The van der Waals surface area contributed by atoms with E-state index in [2.05, 4.69) is 35.0 Å². The summed E-state index contributed by atoms with van der Waals surface area (Å²) >= 11 is 0. The lowest BCUT2D eigenvalue weighted by atomic mass is 9.96. The first-order chi connectivity index (χ1) is 25.3. The van der Waals surface area contributed by atoms with Crippen LogP contribution in [0.4, 0.5) is 0 Å². The van der Waals surface area contributed by atoms with Crippen molar-refractivity contribution in [3.05, 3.63) is 12.2 Å². The number of unbranched alkanes of at least 4 members (excludes halogenated alkanes) is 11. The van der Waals surface area contributed by atoms with Crippen LogP contribution >= 0.6 is 0 Å². The number of nitrogens with one attached hydrogen (secondary N) is 3. The van der Waals surface area contributed by atoms with Crippen molar-refractivity contribution in [2.24, 2.45) is 5.73 Å². The number of esters is 2. The molecule has 1 aliphatic rings. The maximum atomic E-state index is 12.9. The van der Waals surface area contributed by atoms with Gasteiger partial charge in [0.1, 0.15) is 36.4 Å². The van der Waals surface area contributed by atoms with Crippen LogP contribution in [0.3, 0.4) is 0 Å². The molecule has 1 heterocycles. The summed E-state index contributed by atoms with van der Waals surface area (Å²) in [5, 5.41) is 47.8. The summed E-state index contributed by atoms with van der Waals surface area (Å²) < 4.78 is 15.9. The van der Waals surface area contributed by atoms with Gasteiger partial charge >= 0.3 is 11.9 Å². The Kier molecular flexibility index (Phi) is 25.8. The van der Waals surface area contributed by atoms with Crippen molar-refractivity contribution in [1.82, 2.24) is 16.0 Å². The third-order valence-electron chi connectivity index (χ3n) is 8.95. The van der Waals surface area contributed by atoms with E-state index in [4.69, 9.17) is 19.9 Å². The minimum Gasteiger partial charge on any atom is -0.394 e. The molecule has 8 atom stereocenters. The summed E-state index contributed by atoms with van der Waals surface area (Å²) in [5.41, 5.74) is 5.42. The number of nitrogens with two attached hydrogens (primary N) is 1. The standard InChI is InChI=1S/C37H66N4O12/c1-4-5-6-7-8-9-10-11-12-13-14-15-16-17-18-19-30(45)53-31(46)21-20-27(35(38)48)41-36(49)28(23-42)39-22-25(2)51-34-32(40-26(3)44)37(50)52-29(24-43)33(34)47/h11-12,25,27-29,32-34,37,39,42-43,47,50H,4-10,13-24H2,1-3H3,(H2,38,48)(H,40,44)(H,41,49)/b12-11-/t25?,27-,28+,29-,32-,33-,34-,37+/m1/s1. The van der Waals surface area contributed by atoms with Gasteiger partial charge in [-0.05, 0) is 45.4 Å². The highest BCUT2D eigenvalue weighted by Gasteiger charge is 2.46. The SMILES string of the molecule is CCCCCCCC/C=C\CCCCCCCC(=O)OC(=O)CC[C@@H](NC(=O)[C@H](CO)NCC(C)O[C@H]1[C@H](O)[C@@H](CO)O[C@H](O)[C@@H]1NC(C)=O)C(N)=O. The van der Waals surface area contributed by atoms with E-state index in [9.17, 15) is 44.4 Å². The van der Waals surface area contributed by atoms with Gasteiger partial charge in [0.15, 0.2) is 6.29 Å². The lowest BCUT2D eigenvalue weighted by molar-refractivity contribution is -0.267. The smallest absolute Gasteiger partial charge is 0.313 e. The highest BCUT2D eigenvalue weighted by Crippen LogP contribution is 2.23. The molecule has 0 aliphatic carbocycles. The van der Waals surface area contributed by atoms with Crippen molar-refractivity contribution >= 4 is 29.7 Å². The third-order valence-corrected chi connectivity index (χ3v) is 8.95. The molecule has 306 valence electrons. The number of carbonyl (C=O) groups excluding carboxylic acids is 5. The Morgan fingerprint density at radius 3 is 2.00 bits per heavy atom. The van der Waals surface area contributed by atoms with E-state index in [0.29, 0.717) is 6.42 Å². The van der Waals surface area contributed by atoms with Crippen LogP contribution in [0.1, 0.15) is 124 Å². The van der Waals surface area contributed by atoms with Crippen LogP contribution in [0.2, 0.25) is 0 Å². The Bertz CT molecular complexity index is 1110. The molecule has 53 heavy (non-hydrogen) atoms. The highest BCUT2D eigenvalue weighted by atomic mass is 16.6. The van der Waals surface area contributed by atoms with Crippen LogP contribution in [0, 0.1) is 0 Å². The third kappa shape index (κ3) is 20.9. The number of carbonyl (C=O) groups is 5. The lowest BCUT2D eigenvalue weighted by Gasteiger charge is -2.43. The van der Waals surface area contributed by atoms with E-state index >= 15 is 0 Å². The maximum Gasteiger partial charge on any atom is 0.313 e. The summed E-state index contributed by atoms with van der Waals surface area (Å²) in [6.07, 6.45) is 12.4. The quantitative estimate of drug-likeness (QED) is 0.0231. The Hall–Kier alpha value is -2.99. The molecule has 9 N–H and O–H groups in total. The van der Waals surface area contributed by atoms with E-state index in [1.54, 1.807) is 6.92 Å². The number of aliphatic hydroxyl groups is 4. The van der Waals surface area contributed by atoms with Crippen LogP contribution in [0.25, 0.3) is 0 Å². The van der Waals surface area contributed by atoms with Crippen LogP contribution in [-0.4, -0.2) is 119 Å². The topological polar surface area (TPSA) is 256 Å². The number of aliphatic hydroxyl groups excluding tert-OH is 4. The van der Waals surface area contributed by atoms with E-state index in [-0.39, 0.29) is 25.8 Å². The number of rotatable bonds is 29. The van der Waals surface area contributed by atoms with Gasteiger partial charge in [-0.25, -0.2) is 0 Å². The summed E-state index contributed by atoms with van der Waals surface area (Å²) in [6.45, 7) is 3.58. The van der Waals surface area contributed by atoms with E-state index < -0.39 is 91.7 Å². The molecule has 1 saturated heterocycles. The molecule has 0 bridgehead atoms. The number of amides is 3. The fourth-order valence-corrected chi connectivity index (χ4v) is 5.89. The Morgan fingerprint density at radius 2 is 1.43 bits per heavy atom. The molecule has 1 unspecified atom stereocenters. The molecule has 16 nitrogen and oxygen atoms in total. The minimum atomic E-state index is -1.58. The van der Waals surface area contributed by atoms with Crippen LogP contribution in [0.15, 0.2) is 12.2 Å². The molecule has 3 amide bonds. The van der Waals surface area contributed by atoms with Crippen LogP contribution in [-0.2, 0) is 38.2 Å². The zero-order valence-corrected chi connectivity index (χ0v) is 31.8. The highest BCUT2D eigenvalue weighted by molar-refractivity contribution is 5.90. The average Bonchev–Trinajstić information content (AvgIpc) is 3.11. The van der Waals surface area contributed by atoms with Gasteiger partial charge in [-0.15, -0.1) is 0 Å². The van der Waals surface area contributed by atoms with Crippen molar-refractivity contribution in [1.29, 1.82) is 0 Å². The minimum absolute atomic E-state index is 0.0816. The first kappa shape index (κ1) is 48.0. The number of allylic oxidation sites excluding steroid dienone is 2. The number of hydrogen-bond donors (Lipinski definition) is 8. The van der Waals surface area contributed by atoms with Gasteiger partial charge in [-0.3, -0.25) is 24.0 Å². The fraction of sp³-hybridized carbons (Fsp3) is 0.811. The molecule has 1 rings (SSSR count). The predicted molar refractivity (Wildman–Crippen MR) is 196 cm³/mol. The van der Waals surface area contributed by atoms with Gasteiger partial charge < -0.3 is 56.3 Å². The van der Waals surface area contributed by atoms with Gasteiger partial charge in [0, 0.05) is 26.3 Å². The van der Waals surface area contributed by atoms with Gasteiger partial charge in [0.05, 0.1) is 19.3 Å². The van der Waals surface area contributed by atoms with Crippen molar-refractivity contribution in [3.63, 3.8) is 0 Å². The monoisotopic (exact) mass is 758 g/mol. The first-order valence-corrected chi connectivity index (χ1v) is 19.2. The van der Waals surface area contributed by atoms with Crippen molar-refractivity contribution in [2.45, 2.75) is 172 Å². The van der Waals surface area contributed by atoms with E-state index in [1.807, 2.05) is 0 Å². The van der Waals surface area contributed by atoms with Crippen LogP contribution < -0.4 is 21.7 Å². The molecule has 16 heteroatoms. The summed E-state index contributed by atoms with van der Waals surface area (Å²) in [5.74, 6) is -3.79. The second-order valence-electron chi connectivity index (χ2n) is 13.7. The van der Waals surface area contributed by atoms with Crippen LogP contribution in [0.5, 0.6) is 0 Å². The fourth-order valence-electron chi connectivity index (χ4n) is 5.89. The lowest BCUT2D eigenvalue weighted by Crippen LogP contribution is -2.65. The zero-order valence-electron chi connectivity index (χ0n) is 31.8. The van der Waals surface area contributed by atoms with Crippen molar-refractivity contribution in [3.8, 4) is 0 Å². The molecule has 1 aliphatic heterocycles. The molecule has 0 aromatic rings. The molecule has 1 fully saturated rings. The summed E-state index contributed by atoms with van der Waals surface area (Å²) in [6, 6.07) is -3.72. The summed E-state index contributed by atoms with van der Waals surface area (Å²) in [4.78, 5) is 60.9. The molecule has 0 aromatic heterocycles. The number of primary amides is 1. The Labute approximate surface area is 313 Å². The van der Waals surface area contributed by atoms with E-state index in [1.165, 1.54) is 45.4 Å². The van der Waals surface area contributed by atoms with Crippen molar-refractivity contribution in [2.75, 3.05) is 19.8 Å². The number of hydrogen-bond acceptors (Lipinski definition) is 13. The van der Waals surface area contributed by atoms with Gasteiger partial charge in [-0.1, -0.05) is 70.4 Å². The number of ether oxygens (including phenoxy) is 3. The summed E-state index contributed by atoms with van der Waals surface area (Å²) in [7, 11) is 0. The average molecular weight is 759 g/mol. The molecule has 0 saturated carbocycles. The Balaban J connectivity index is 2.38. The second kappa shape index (κ2) is 28.5. The van der Waals surface area contributed by atoms with Crippen molar-refractivity contribution < 1.29 is 58.6 Å². The van der Waals surface area contributed by atoms with E-state index in [0.717, 1.165) is 38.5 Å². The Morgan fingerprint density at radius 1 is 0.849 bits per heavy atom. The molecule has 0 radical (unpaired) electrons. The molecular weight excluding hydrogens is 692 g/mol. The first-order valence-electron chi connectivity index (χ1n) is 19.2. The maximum absolute atomic E-state index is 12.9. The zero-order chi connectivity index (χ0) is 39.6. The molecular formula is C37H66N4O12. The second-order valence-corrected chi connectivity index (χ2v) is 13.7. The predicted octanol–water partition coefficient (Wildman–Crippen LogP) is 1.14. The van der Waals surface area contributed by atoms with Gasteiger partial charge in [0.25, 0.3) is 0 Å².